The standard InChI is InChI=1S/C18H31N3/c1-3-20(4-2)12-8-9-16-10-11-18(17(19)15-16)21-13-6-5-7-14-21/h10-11,15H,3-9,12-14,19H2,1-2H3. The number of hydrogen-bond acceptors (Lipinski definition) is 3. The van der Waals surface area contributed by atoms with Gasteiger partial charge in [-0.25, -0.2) is 0 Å². The van der Waals surface area contributed by atoms with Crippen LogP contribution in [0.3, 0.4) is 0 Å². The van der Waals surface area contributed by atoms with Gasteiger partial charge in [-0.15, -0.1) is 0 Å². The van der Waals surface area contributed by atoms with E-state index in [-0.39, 0.29) is 0 Å². The molecule has 0 spiro atoms. The van der Waals surface area contributed by atoms with Crippen LogP contribution in [0.5, 0.6) is 0 Å². The normalized spacial score (nSPS) is 15.7. The van der Waals surface area contributed by atoms with Gasteiger partial charge in [0.2, 0.25) is 0 Å². The van der Waals surface area contributed by atoms with Crippen molar-refractivity contribution in [3.8, 4) is 0 Å². The molecule has 3 heteroatoms. The van der Waals surface area contributed by atoms with Gasteiger partial charge in [0, 0.05) is 13.1 Å². The van der Waals surface area contributed by atoms with Crippen LogP contribution in [0.15, 0.2) is 18.2 Å². The average molecular weight is 289 g/mol. The monoisotopic (exact) mass is 289 g/mol. The Morgan fingerprint density at radius 1 is 1.10 bits per heavy atom. The molecular formula is C18H31N3. The van der Waals surface area contributed by atoms with E-state index in [1.807, 2.05) is 0 Å². The second kappa shape index (κ2) is 8.28. The highest BCUT2D eigenvalue weighted by Crippen LogP contribution is 2.27. The molecule has 1 heterocycles. The first-order valence-corrected chi connectivity index (χ1v) is 8.60. The predicted octanol–water partition coefficient (Wildman–Crippen LogP) is 3.53. The molecule has 0 saturated carbocycles. The first kappa shape index (κ1) is 16.2. The number of hydrogen-bond donors (Lipinski definition) is 1. The highest BCUT2D eigenvalue weighted by atomic mass is 15.1. The second-order valence-corrected chi connectivity index (χ2v) is 6.07. The Morgan fingerprint density at radius 2 is 1.81 bits per heavy atom. The van der Waals surface area contributed by atoms with Crippen molar-refractivity contribution >= 4 is 11.4 Å². The van der Waals surface area contributed by atoms with E-state index in [4.69, 9.17) is 5.73 Å². The van der Waals surface area contributed by atoms with E-state index in [1.165, 1.54) is 43.5 Å². The number of nitrogen functional groups attached to an aromatic ring is 1. The maximum absolute atomic E-state index is 6.28. The van der Waals surface area contributed by atoms with Gasteiger partial charge in [0.15, 0.2) is 0 Å². The van der Waals surface area contributed by atoms with Crippen LogP contribution in [0.4, 0.5) is 11.4 Å². The van der Waals surface area contributed by atoms with Crippen LogP contribution < -0.4 is 10.6 Å². The van der Waals surface area contributed by atoms with Crippen molar-refractivity contribution in [3.63, 3.8) is 0 Å². The lowest BCUT2D eigenvalue weighted by atomic mass is 10.1. The molecule has 2 N–H and O–H groups in total. The number of anilines is 2. The summed E-state index contributed by atoms with van der Waals surface area (Å²) in [5, 5.41) is 0. The minimum atomic E-state index is 0.956. The van der Waals surface area contributed by atoms with Gasteiger partial charge < -0.3 is 15.5 Å². The molecular weight excluding hydrogens is 258 g/mol. The van der Waals surface area contributed by atoms with Crippen molar-refractivity contribution in [1.82, 2.24) is 4.90 Å². The second-order valence-electron chi connectivity index (χ2n) is 6.07. The first-order chi connectivity index (χ1) is 10.2. The molecule has 0 bridgehead atoms. The van der Waals surface area contributed by atoms with Crippen LogP contribution in [0, 0.1) is 0 Å². The van der Waals surface area contributed by atoms with E-state index in [2.05, 4.69) is 41.8 Å². The molecule has 0 unspecified atom stereocenters. The van der Waals surface area contributed by atoms with Crippen LogP contribution in [0.2, 0.25) is 0 Å². The van der Waals surface area contributed by atoms with E-state index < -0.39 is 0 Å². The molecule has 0 amide bonds. The summed E-state index contributed by atoms with van der Waals surface area (Å²) in [5.74, 6) is 0. The molecule has 1 aromatic carbocycles. The largest absolute Gasteiger partial charge is 0.397 e. The van der Waals surface area contributed by atoms with Crippen molar-refractivity contribution in [2.75, 3.05) is 43.4 Å². The summed E-state index contributed by atoms with van der Waals surface area (Å²) in [4.78, 5) is 4.92. The number of aryl methyl sites for hydroxylation is 1. The zero-order chi connectivity index (χ0) is 15.1. The number of piperidine rings is 1. The number of nitrogens with zero attached hydrogens (tertiary/aromatic N) is 2. The fourth-order valence-electron chi connectivity index (χ4n) is 3.23. The lowest BCUT2D eigenvalue weighted by Crippen LogP contribution is -2.30. The maximum Gasteiger partial charge on any atom is 0.0600 e. The molecule has 118 valence electrons. The third-order valence-corrected chi connectivity index (χ3v) is 4.62. The van der Waals surface area contributed by atoms with Gasteiger partial charge in [-0.1, -0.05) is 19.9 Å². The third-order valence-electron chi connectivity index (χ3n) is 4.62. The van der Waals surface area contributed by atoms with E-state index in [0.717, 1.165) is 38.3 Å². The highest BCUT2D eigenvalue weighted by Gasteiger charge is 2.13. The van der Waals surface area contributed by atoms with Gasteiger partial charge in [-0.2, -0.15) is 0 Å². The topological polar surface area (TPSA) is 32.5 Å². The number of nitrogens with two attached hydrogens (primary N) is 1. The highest BCUT2D eigenvalue weighted by molar-refractivity contribution is 5.68. The summed E-state index contributed by atoms with van der Waals surface area (Å²) < 4.78 is 0. The molecule has 1 aliphatic rings. The maximum atomic E-state index is 6.28. The SMILES string of the molecule is CCN(CC)CCCc1ccc(N2CCCCC2)c(N)c1. The first-order valence-electron chi connectivity index (χ1n) is 8.60. The molecule has 1 fully saturated rings. The van der Waals surface area contributed by atoms with Crippen molar-refractivity contribution in [3.05, 3.63) is 23.8 Å². The summed E-state index contributed by atoms with van der Waals surface area (Å²) in [5.41, 5.74) is 9.85. The fraction of sp³-hybridized carbons (Fsp3) is 0.667. The third kappa shape index (κ3) is 4.63. The van der Waals surface area contributed by atoms with Crippen LogP contribution in [0.1, 0.15) is 45.1 Å². The fourth-order valence-corrected chi connectivity index (χ4v) is 3.23. The summed E-state index contributed by atoms with van der Waals surface area (Å²) in [6.07, 6.45) is 6.29. The minimum absolute atomic E-state index is 0.956. The number of rotatable bonds is 7. The summed E-state index contributed by atoms with van der Waals surface area (Å²) >= 11 is 0. The van der Waals surface area contributed by atoms with Gasteiger partial charge in [0.05, 0.1) is 11.4 Å². The molecule has 0 atom stereocenters. The Hall–Kier alpha value is -1.22. The molecule has 1 aromatic rings. The Labute approximate surface area is 130 Å². The molecule has 0 aliphatic carbocycles. The van der Waals surface area contributed by atoms with Crippen LogP contribution >= 0.6 is 0 Å². The van der Waals surface area contributed by atoms with Crippen LogP contribution in [-0.2, 0) is 6.42 Å². The van der Waals surface area contributed by atoms with Gasteiger partial charge in [-0.3, -0.25) is 0 Å². The smallest absolute Gasteiger partial charge is 0.0600 e. The number of benzene rings is 1. The lowest BCUT2D eigenvalue weighted by molar-refractivity contribution is 0.300. The van der Waals surface area contributed by atoms with Crippen LogP contribution in [-0.4, -0.2) is 37.6 Å². The van der Waals surface area contributed by atoms with Crippen molar-refractivity contribution in [1.29, 1.82) is 0 Å². The summed E-state index contributed by atoms with van der Waals surface area (Å²) in [6, 6.07) is 6.68. The zero-order valence-electron chi connectivity index (χ0n) is 13.8. The van der Waals surface area contributed by atoms with Crippen LogP contribution in [0.25, 0.3) is 0 Å². The Balaban J connectivity index is 1.89. The molecule has 3 nitrogen and oxygen atoms in total. The molecule has 1 aliphatic heterocycles. The molecule has 0 radical (unpaired) electrons. The summed E-state index contributed by atoms with van der Waals surface area (Å²) in [7, 11) is 0. The Morgan fingerprint density at radius 3 is 2.43 bits per heavy atom. The molecule has 21 heavy (non-hydrogen) atoms. The van der Waals surface area contributed by atoms with Gasteiger partial charge in [0.1, 0.15) is 0 Å². The van der Waals surface area contributed by atoms with E-state index in [9.17, 15) is 0 Å². The Kier molecular flexibility index (Phi) is 6.37. The average Bonchev–Trinajstić information content (AvgIpc) is 2.52. The molecule has 1 saturated heterocycles. The van der Waals surface area contributed by atoms with Crippen molar-refractivity contribution in [2.45, 2.75) is 46.0 Å². The molecule has 0 aromatic heterocycles. The predicted molar refractivity (Wildman–Crippen MR) is 93.0 cm³/mol. The quantitative estimate of drug-likeness (QED) is 0.779. The van der Waals surface area contributed by atoms with Crippen molar-refractivity contribution in [2.24, 2.45) is 0 Å². The summed E-state index contributed by atoms with van der Waals surface area (Å²) in [6.45, 7) is 10.3. The Bertz CT molecular complexity index is 420. The van der Waals surface area contributed by atoms with Gasteiger partial charge >= 0.3 is 0 Å². The van der Waals surface area contributed by atoms with E-state index >= 15 is 0 Å². The zero-order valence-corrected chi connectivity index (χ0v) is 13.8. The van der Waals surface area contributed by atoms with Gasteiger partial charge in [0.25, 0.3) is 0 Å². The minimum Gasteiger partial charge on any atom is -0.397 e. The molecule has 2 rings (SSSR count). The van der Waals surface area contributed by atoms with Gasteiger partial charge in [-0.05, 0) is 69.4 Å². The van der Waals surface area contributed by atoms with E-state index in [0.29, 0.717) is 0 Å². The van der Waals surface area contributed by atoms with E-state index in [1.54, 1.807) is 0 Å². The lowest BCUT2D eigenvalue weighted by Gasteiger charge is -2.30. The van der Waals surface area contributed by atoms with Crippen molar-refractivity contribution < 1.29 is 0 Å².